The van der Waals surface area contributed by atoms with Gasteiger partial charge in [0.15, 0.2) is 6.61 Å². The van der Waals surface area contributed by atoms with Crippen LogP contribution in [0.1, 0.15) is 32.6 Å². The molecule has 0 unspecified atom stereocenters. The molecule has 26 heavy (non-hydrogen) atoms. The maximum atomic E-state index is 12.1. The van der Waals surface area contributed by atoms with E-state index in [0.717, 1.165) is 24.2 Å². The van der Waals surface area contributed by atoms with Gasteiger partial charge in [-0.1, -0.05) is 31.9 Å². The summed E-state index contributed by atoms with van der Waals surface area (Å²) in [6.07, 6.45) is 4.40. The van der Waals surface area contributed by atoms with Crippen LogP contribution < -0.4 is 10.2 Å². The number of amides is 2. The molecule has 6 nitrogen and oxygen atoms in total. The quantitative estimate of drug-likeness (QED) is 0.799. The van der Waals surface area contributed by atoms with Crippen LogP contribution in [0.15, 0.2) is 29.2 Å². The van der Waals surface area contributed by atoms with E-state index in [4.69, 9.17) is 4.74 Å². The van der Waals surface area contributed by atoms with Crippen LogP contribution in [0.25, 0.3) is 0 Å². The number of benzene rings is 1. The molecule has 1 aromatic carbocycles. The van der Waals surface area contributed by atoms with Gasteiger partial charge in [-0.15, -0.1) is 11.8 Å². The van der Waals surface area contributed by atoms with Gasteiger partial charge in [-0.3, -0.25) is 19.3 Å². The fourth-order valence-electron chi connectivity index (χ4n) is 3.43. The molecule has 1 aliphatic heterocycles. The summed E-state index contributed by atoms with van der Waals surface area (Å²) in [5.74, 6) is -0.246. The lowest BCUT2D eigenvalue weighted by Crippen LogP contribution is -2.44. The van der Waals surface area contributed by atoms with Crippen LogP contribution in [0, 0.1) is 5.92 Å². The van der Waals surface area contributed by atoms with E-state index in [-0.39, 0.29) is 31.0 Å². The van der Waals surface area contributed by atoms with E-state index in [0.29, 0.717) is 17.4 Å². The van der Waals surface area contributed by atoms with Crippen molar-refractivity contribution in [2.24, 2.45) is 5.92 Å². The molecule has 1 saturated carbocycles. The van der Waals surface area contributed by atoms with Crippen molar-refractivity contribution >= 4 is 35.2 Å². The number of nitrogens with zero attached hydrogens (tertiary/aromatic N) is 1. The van der Waals surface area contributed by atoms with Crippen molar-refractivity contribution in [3.63, 3.8) is 0 Å². The van der Waals surface area contributed by atoms with Crippen LogP contribution in [-0.2, 0) is 19.1 Å². The largest absolute Gasteiger partial charge is 0.454 e. The molecule has 0 bridgehead atoms. The number of hydrogen-bond donors (Lipinski definition) is 1. The average Bonchev–Trinajstić information content (AvgIpc) is 2.64. The molecule has 1 aliphatic carbocycles. The van der Waals surface area contributed by atoms with Gasteiger partial charge >= 0.3 is 5.97 Å². The van der Waals surface area contributed by atoms with Crippen molar-refractivity contribution < 1.29 is 19.1 Å². The second-order valence-electron chi connectivity index (χ2n) is 6.83. The van der Waals surface area contributed by atoms with E-state index in [2.05, 4.69) is 12.2 Å². The van der Waals surface area contributed by atoms with Crippen molar-refractivity contribution in [2.75, 3.05) is 23.8 Å². The summed E-state index contributed by atoms with van der Waals surface area (Å²) in [5, 5.41) is 2.95. The Morgan fingerprint density at radius 1 is 1.27 bits per heavy atom. The standard InChI is InChI=1S/C19H24N2O4S/c1-13-6-2-3-7-14(13)20-17(22)11-25-19(24)10-21-15-8-4-5-9-16(15)26-12-18(21)23/h4-5,8-9,13-14H,2-3,6-7,10-12H2,1H3,(H,20,22)/t13-,14-/m0/s1. The fourth-order valence-corrected chi connectivity index (χ4v) is 4.36. The van der Waals surface area contributed by atoms with Gasteiger partial charge in [-0.05, 0) is 30.9 Å². The Kier molecular flexibility index (Phi) is 6.19. The number of carbonyl (C=O) groups excluding carboxylic acids is 3. The number of nitrogens with one attached hydrogen (secondary N) is 1. The highest BCUT2D eigenvalue weighted by atomic mass is 32.2. The lowest BCUT2D eigenvalue weighted by Gasteiger charge is -2.29. The first-order valence-electron chi connectivity index (χ1n) is 9.02. The zero-order valence-corrected chi connectivity index (χ0v) is 15.7. The molecule has 0 aromatic heterocycles. The highest BCUT2D eigenvalue weighted by Gasteiger charge is 2.27. The Labute approximate surface area is 157 Å². The van der Waals surface area contributed by atoms with Crippen LogP contribution >= 0.6 is 11.8 Å². The topological polar surface area (TPSA) is 75.7 Å². The Bertz CT molecular complexity index is 694. The Balaban J connectivity index is 1.50. The molecule has 1 aromatic rings. The predicted octanol–water partition coefficient (Wildman–Crippen LogP) is 2.36. The summed E-state index contributed by atoms with van der Waals surface area (Å²) in [6, 6.07) is 7.61. The van der Waals surface area contributed by atoms with Gasteiger partial charge in [0.2, 0.25) is 5.91 Å². The number of carbonyl (C=O) groups is 3. The first-order valence-corrected chi connectivity index (χ1v) is 10.0. The number of fused-ring (bicyclic) bond motifs is 1. The number of hydrogen-bond acceptors (Lipinski definition) is 5. The molecule has 1 fully saturated rings. The third kappa shape index (κ3) is 4.58. The fraction of sp³-hybridized carbons (Fsp3) is 0.526. The second-order valence-corrected chi connectivity index (χ2v) is 7.85. The van der Waals surface area contributed by atoms with Gasteiger partial charge in [0.05, 0.1) is 11.4 Å². The number of anilines is 1. The molecule has 2 atom stereocenters. The van der Waals surface area contributed by atoms with Crippen molar-refractivity contribution in [2.45, 2.75) is 43.5 Å². The summed E-state index contributed by atoms with van der Waals surface area (Å²) in [7, 11) is 0. The first-order chi connectivity index (χ1) is 12.5. The predicted molar refractivity (Wildman–Crippen MR) is 100 cm³/mol. The molecule has 0 radical (unpaired) electrons. The monoisotopic (exact) mass is 376 g/mol. The van der Waals surface area contributed by atoms with Gasteiger partial charge in [-0.25, -0.2) is 0 Å². The van der Waals surface area contributed by atoms with Crippen LogP contribution in [0.2, 0.25) is 0 Å². The van der Waals surface area contributed by atoms with Gasteiger partial charge in [0.25, 0.3) is 5.91 Å². The van der Waals surface area contributed by atoms with Gasteiger partial charge < -0.3 is 10.1 Å². The molecular weight excluding hydrogens is 352 g/mol. The second kappa shape index (κ2) is 8.58. The minimum absolute atomic E-state index is 0.133. The highest BCUT2D eigenvalue weighted by Crippen LogP contribution is 2.34. The van der Waals surface area contributed by atoms with Gasteiger partial charge in [0.1, 0.15) is 6.54 Å². The SMILES string of the molecule is C[C@H]1CCCC[C@@H]1NC(=O)COC(=O)CN1C(=O)CSc2ccccc21. The minimum atomic E-state index is -0.577. The Morgan fingerprint density at radius 3 is 2.85 bits per heavy atom. The van der Waals surface area contributed by atoms with Crippen molar-refractivity contribution in [3.05, 3.63) is 24.3 Å². The van der Waals surface area contributed by atoms with Crippen molar-refractivity contribution in [1.29, 1.82) is 0 Å². The van der Waals surface area contributed by atoms with Gasteiger partial charge in [-0.2, -0.15) is 0 Å². The molecule has 140 valence electrons. The van der Waals surface area contributed by atoms with Crippen LogP contribution in [0.4, 0.5) is 5.69 Å². The summed E-state index contributed by atoms with van der Waals surface area (Å²) in [5.41, 5.74) is 0.714. The molecule has 0 saturated heterocycles. The molecule has 2 amide bonds. The molecule has 2 aliphatic rings. The zero-order chi connectivity index (χ0) is 18.5. The molecule has 7 heteroatoms. The van der Waals surface area contributed by atoms with Crippen LogP contribution in [-0.4, -0.2) is 42.7 Å². The number of rotatable bonds is 5. The van der Waals surface area contributed by atoms with Crippen molar-refractivity contribution in [3.8, 4) is 0 Å². The number of ether oxygens (including phenoxy) is 1. The van der Waals surface area contributed by atoms with Gasteiger partial charge in [0, 0.05) is 10.9 Å². The van der Waals surface area contributed by atoms with E-state index < -0.39 is 5.97 Å². The minimum Gasteiger partial charge on any atom is -0.454 e. The lowest BCUT2D eigenvalue weighted by molar-refractivity contribution is -0.148. The molecular formula is C19H24N2O4S. The molecule has 1 heterocycles. The average molecular weight is 376 g/mol. The number of thioether (sulfide) groups is 1. The van der Waals surface area contributed by atoms with Crippen LogP contribution in [0.5, 0.6) is 0 Å². The van der Waals surface area contributed by atoms with E-state index in [1.165, 1.54) is 23.1 Å². The number of para-hydroxylation sites is 1. The first kappa shape index (κ1) is 18.8. The molecule has 3 rings (SSSR count). The van der Waals surface area contributed by atoms with E-state index >= 15 is 0 Å². The van der Waals surface area contributed by atoms with E-state index in [1.54, 1.807) is 0 Å². The normalized spacial score (nSPS) is 22.5. The molecule has 0 spiro atoms. The summed E-state index contributed by atoms with van der Waals surface area (Å²) in [6.45, 7) is 1.65. The van der Waals surface area contributed by atoms with Crippen LogP contribution in [0.3, 0.4) is 0 Å². The summed E-state index contributed by atoms with van der Waals surface area (Å²) >= 11 is 1.46. The Hall–Kier alpha value is -2.02. The summed E-state index contributed by atoms with van der Waals surface area (Å²) < 4.78 is 5.10. The Morgan fingerprint density at radius 2 is 2.04 bits per heavy atom. The van der Waals surface area contributed by atoms with Crippen molar-refractivity contribution in [1.82, 2.24) is 5.32 Å². The van der Waals surface area contributed by atoms with E-state index in [9.17, 15) is 14.4 Å². The smallest absolute Gasteiger partial charge is 0.326 e. The third-order valence-corrected chi connectivity index (χ3v) is 5.97. The highest BCUT2D eigenvalue weighted by molar-refractivity contribution is 8.00. The third-order valence-electron chi connectivity index (χ3n) is 4.92. The maximum absolute atomic E-state index is 12.1. The lowest BCUT2D eigenvalue weighted by atomic mass is 9.86. The molecule has 1 N–H and O–H groups in total. The number of esters is 1. The summed E-state index contributed by atoms with van der Waals surface area (Å²) in [4.78, 5) is 38.7. The maximum Gasteiger partial charge on any atom is 0.326 e. The van der Waals surface area contributed by atoms with E-state index in [1.807, 2.05) is 24.3 Å². The zero-order valence-electron chi connectivity index (χ0n) is 14.9.